The quantitative estimate of drug-likeness (QED) is 0.720. The van der Waals surface area contributed by atoms with Gasteiger partial charge in [-0.05, 0) is 42.3 Å². The molecule has 1 amide bonds. The zero-order valence-corrected chi connectivity index (χ0v) is 13.9. The van der Waals surface area contributed by atoms with Crippen molar-refractivity contribution in [3.05, 3.63) is 65.1 Å². The highest BCUT2D eigenvalue weighted by Crippen LogP contribution is 2.28. The van der Waals surface area contributed by atoms with E-state index < -0.39 is 0 Å². The van der Waals surface area contributed by atoms with E-state index in [1.807, 2.05) is 25.2 Å². The van der Waals surface area contributed by atoms with E-state index >= 15 is 0 Å². The largest absolute Gasteiger partial charge is 0.306 e. The van der Waals surface area contributed by atoms with Gasteiger partial charge in [-0.25, -0.2) is 0 Å². The summed E-state index contributed by atoms with van der Waals surface area (Å²) in [5.74, 6) is -0.0168. The van der Waals surface area contributed by atoms with Crippen LogP contribution in [0.15, 0.2) is 48.9 Å². The number of hydrogen-bond acceptors (Lipinski definition) is 3. The molecule has 5 nitrogen and oxygen atoms in total. The number of carbonyl (C=O) groups is 1. The second-order valence-corrected chi connectivity index (χ2v) is 6.22. The van der Waals surface area contributed by atoms with Crippen molar-refractivity contribution in [3.8, 4) is 11.3 Å². The maximum absolute atomic E-state index is 12.8. The van der Waals surface area contributed by atoms with E-state index in [9.17, 15) is 4.79 Å². The first-order chi connectivity index (χ1) is 11.6. The molecule has 4 rings (SSSR count). The maximum Gasteiger partial charge on any atom is 0.258 e. The summed E-state index contributed by atoms with van der Waals surface area (Å²) in [5.41, 5.74) is 4.39. The molecule has 24 heavy (non-hydrogen) atoms. The zero-order valence-electron chi connectivity index (χ0n) is 13.1. The van der Waals surface area contributed by atoms with E-state index in [-0.39, 0.29) is 5.91 Å². The molecule has 0 radical (unpaired) electrons. The number of amides is 1. The molecule has 0 unspecified atom stereocenters. The molecular formula is C18H15ClN4O. The molecule has 1 aliphatic heterocycles. The number of hydrogen-bond donors (Lipinski definition) is 0. The Hall–Kier alpha value is -2.66. The van der Waals surface area contributed by atoms with Gasteiger partial charge in [0.2, 0.25) is 0 Å². The van der Waals surface area contributed by atoms with Gasteiger partial charge in [-0.15, -0.1) is 0 Å². The van der Waals surface area contributed by atoms with Crippen LogP contribution in [0.2, 0.25) is 5.02 Å². The van der Waals surface area contributed by atoms with Crippen molar-refractivity contribution in [1.82, 2.24) is 14.8 Å². The van der Waals surface area contributed by atoms with E-state index in [1.165, 1.54) is 0 Å². The molecule has 0 spiro atoms. The predicted octanol–water partition coefficient (Wildman–Crippen LogP) is 3.34. The Bertz CT molecular complexity index is 934. The number of aryl methyl sites for hydroxylation is 1. The van der Waals surface area contributed by atoms with E-state index in [1.54, 1.807) is 40.3 Å². The molecule has 6 heteroatoms. The third-order valence-corrected chi connectivity index (χ3v) is 4.53. The van der Waals surface area contributed by atoms with Crippen molar-refractivity contribution >= 4 is 23.2 Å². The van der Waals surface area contributed by atoms with Gasteiger partial charge in [0.1, 0.15) is 0 Å². The van der Waals surface area contributed by atoms with Gasteiger partial charge in [0.05, 0.1) is 17.6 Å². The van der Waals surface area contributed by atoms with Crippen molar-refractivity contribution in [2.75, 3.05) is 11.4 Å². The molecule has 0 N–H and O–H groups in total. The standard InChI is InChI=1S/C18H15ClN4O/c1-22-17(4-6-21-22)13-9-15(11-20-10-13)23-7-5-12-8-14(19)2-3-16(12)18(23)24/h2-4,6,8-11H,5,7H2,1H3. The number of rotatable bonds is 2. The lowest BCUT2D eigenvalue weighted by molar-refractivity contribution is 0.0980. The minimum atomic E-state index is -0.0168. The summed E-state index contributed by atoms with van der Waals surface area (Å²) in [4.78, 5) is 18.9. The average Bonchev–Trinajstić information content (AvgIpc) is 3.01. The summed E-state index contributed by atoms with van der Waals surface area (Å²) < 4.78 is 1.79. The minimum Gasteiger partial charge on any atom is -0.306 e. The molecule has 0 fully saturated rings. The van der Waals surface area contributed by atoms with Crippen LogP contribution in [-0.4, -0.2) is 27.2 Å². The van der Waals surface area contributed by atoms with Gasteiger partial charge in [-0.1, -0.05) is 11.6 Å². The highest BCUT2D eigenvalue weighted by Gasteiger charge is 2.26. The van der Waals surface area contributed by atoms with E-state index in [0.717, 1.165) is 28.9 Å². The molecule has 120 valence electrons. The van der Waals surface area contributed by atoms with Crippen LogP contribution in [0.25, 0.3) is 11.3 Å². The first kappa shape index (κ1) is 14.9. The lowest BCUT2D eigenvalue weighted by Gasteiger charge is -2.28. The smallest absolute Gasteiger partial charge is 0.258 e. The molecule has 0 saturated carbocycles. The van der Waals surface area contributed by atoms with Crippen LogP contribution in [0, 0.1) is 0 Å². The number of pyridine rings is 1. The molecular weight excluding hydrogens is 324 g/mol. The van der Waals surface area contributed by atoms with Crippen molar-refractivity contribution < 1.29 is 4.79 Å². The first-order valence-electron chi connectivity index (χ1n) is 7.67. The zero-order chi connectivity index (χ0) is 16.7. The Morgan fingerprint density at radius 3 is 2.83 bits per heavy atom. The van der Waals surface area contributed by atoms with Crippen LogP contribution in [0.3, 0.4) is 0 Å². The van der Waals surface area contributed by atoms with Crippen molar-refractivity contribution in [3.63, 3.8) is 0 Å². The second kappa shape index (κ2) is 5.76. The van der Waals surface area contributed by atoms with Crippen LogP contribution in [0.1, 0.15) is 15.9 Å². The van der Waals surface area contributed by atoms with Gasteiger partial charge in [0.25, 0.3) is 5.91 Å². The fourth-order valence-electron chi connectivity index (χ4n) is 3.08. The molecule has 0 aliphatic carbocycles. The Balaban J connectivity index is 1.71. The lowest BCUT2D eigenvalue weighted by Crippen LogP contribution is -2.37. The number of benzene rings is 1. The molecule has 0 atom stereocenters. The topological polar surface area (TPSA) is 51.0 Å². The van der Waals surface area contributed by atoms with Crippen LogP contribution < -0.4 is 4.90 Å². The summed E-state index contributed by atoms with van der Waals surface area (Å²) in [6, 6.07) is 9.33. The van der Waals surface area contributed by atoms with Crippen molar-refractivity contribution in [2.45, 2.75) is 6.42 Å². The summed E-state index contributed by atoms with van der Waals surface area (Å²) in [6.45, 7) is 0.614. The number of halogens is 1. The Labute approximate surface area is 144 Å². The van der Waals surface area contributed by atoms with Crippen LogP contribution >= 0.6 is 11.6 Å². The molecule has 0 saturated heterocycles. The maximum atomic E-state index is 12.8. The van der Waals surface area contributed by atoms with Crippen molar-refractivity contribution in [2.24, 2.45) is 7.05 Å². The molecule has 2 aromatic heterocycles. The molecule has 3 aromatic rings. The van der Waals surface area contributed by atoms with E-state index in [2.05, 4.69) is 10.1 Å². The van der Waals surface area contributed by atoms with Crippen LogP contribution in [-0.2, 0) is 13.5 Å². The first-order valence-corrected chi connectivity index (χ1v) is 8.05. The van der Waals surface area contributed by atoms with Gasteiger partial charge in [-0.3, -0.25) is 14.5 Å². The predicted molar refractivity (Wildman–Crippen MR) is 93.3 cm³/mol. The SMILES string of the molecule is Cn1nccc1-c1cncc(N2CCc3cc(Cl)ccc3C2=O)c1. The highest BCUT2D eigenvalue weighted by molar-refractivity contribution is 6.30. The fraction of sp³-hybridized carbons (Fsp3) is 0.167. The summed E-state index contributed by atoms with van der Waals surface area (Å²) in [6.07, 6.45) is 6.02. The van der Waals surface area contributed by atoms with Gasteiger partial charge in [0.15, 0.2) is 0 Å². The number of nitrogens with zero attached hydrogens (tertiary/aromatic N) is 4. The molecule has 1 aliphatic rings. The average molecular weight is 339 g/mol. The Morgan fingerprint density at radius 2 is 2.04 bits per heavy atom. The molecule has 3 heterocycles. The van der Waals surface area contributed by atoms with E-state index in [4.69, 9.17) is 11.6 Å². The summed E-state index contributed by atoms with van der Waals surface area (Å²) in [5, 5.41) is 4.85. The summed E-state index contributed by atoms with van der Waals surface area (Å²) >= 11 is 6.03. The number of fused-ring (bicyclic) bond motifs is 1. The van der Waals surface area contributed by atoms with Gasteiger partial charge < -0.3 is 4.90 Å². The molecule has 0 bridgehead atoms. The van der Waals surface area contributed by atoms with Crippen LogP contribution in [0.4, 0.5) is 5.69 Å². The molecule has 1 aromatic carbocycles. The minimum absolute atomic E-state index is 0.0168. The summed E-state index contributed by atoms with van der Waals surface area (Å²) in [7, 11) is 1.88. The second-order valence-electron chi connectivity index (χ2n) is 5.78. The monoisotopic (exact) mass is 338 g/mol. The number of anilines is 1. The van der Waals surface area contributed by atoms with Gasteiger partial charge in [0, 0.05) is 42.1 Å². The number of carbonyl (C=O) groups excluding carboxylic acids is 1. The Morgan fingerprint density at radius 1 is 1.17 bits per heavy atom. The highest BCUT2D eigenvalue weighted by atomic mass is 35.5. The van der Waals surface area contributed by atoms with Gasteiger partial charge in [-0.2, -0.15) is 5.10 Å². The Kier molecular flexibility index (Phi) is 3.58. The third-order valence-electron chi connectivity index (χ3n) is 4.30. The third kappa shape index (κ3) is 2.47. The lowest BCUT2D eigenvalue weighted by atomic mass is 9.98. The van der Waals surface area contributed by atoms with Gasteiger partial charge >= 0.3 is 0 Å². The fourth-order valence-corrected chi connectivity index (χ4v) is 3.27. The normalized spacial score (nSPS) is 13.9. The van der Waals surface area contributed by atoms with Crippen LogP contribution in [0.5, 0.6) is 0 Å². The van der Waals surface area contributed by atoms with E-state index in [0.29, 0.717) is 17.1 Å². The number of aromatic nitrogens is 3. The van der Waals surface area contributed by atoms with Crippen molar-refractivity contribution in [1.29, 1.82) is 0 Å².